The van der Waals surface area contributed by atoms with Crippen molar-refractivity contribution in [3.8, 4) is 6.07 Å². The van der Waals surface area contributed by atoms with Crippen molar-refractivity contribution in [2.45, 2.75) is 39.5 Å². The molecule has 6 heteroatoms. The van der Waals surface area contributed by atoms with Gasteiger partial charge in [0.1, 0.15) is 0 Å². The Balaban J connectivity index is 2.19. The van der Waals surface area contributed by atoms with Crippen molar-refractivity contribution in [2.75, 3.05) is 0 Å². The van der Waals surface area contributed by atoms with Crippen molar-refractivity contribution in [3.63, 3.8) is 0 Å². The van der Waals surface area contributed by atoms with Crippen LogP contribution in [0.1, 0.15) is 45.1 Å². The van der Waals surface area contributed by atoms with Gasteiger partial charge >= 0.3 is 0 Å². The molecule has 0 N–H and O–H groups in total. The van der Waals surface area contributed by atoms with Crippen LogP contribution in [0.3, 0.4) is 0 Å². The topological polar surface area (TPSA) is 96.4 Å². The van der Waals surface area contributed by atoms with Crippen molar-refractivity contribution >= 4 is 17.2 Å². The van der Waals surface area contributed by atoms with E-state index in [-0.39, 0.29) is 16.9 Å². The molecule has 1 aromatic carbocycles. The number of nitrogens with zero attached hydrogens (tertiary/aromatic N) is 3. The smallest absolute Gasteiger partial charge is 0.269 e. The van der Waals surface area contributed by atoms with E-state index < -0.39 is 16.8 Å². The second-order valence-corrected chi connectivity index (χ2v) is 7.49. The van der Waals surface area contributed by atoms with Crippen LogP contribution in [0, 0.1) is 32.8 Å². The highest BCUT2D eigenvalue weighted by molar-refractivity contribution is 6.03. The highest BCUT2D eigenvalue weighted by Gasteiger charge is 2.43. The van der Waals surface area contributed by atoms with Gasteiger partial charge in [0.15, 0.2) is 5.78 Å². The van der Waals surface area contributed by atoms with E-state index in [0.717, 1.165) is 5.70 Å². The summed E-state index contributed by atoms with van der Waals surface area (Å²) in [6, 6.07) is 8.46. The van der Waals surface area contributed by atoms with E-state index in [1.165, 1.54) is 12.1 Å². The van der Waals surface area contributed by atoms with Gasteiger partial charge in [0.2, 0.25) is 0 Å². The van der Waals surface area contributed by atoms with Crippen molar-refractivity contribution in [2.24, 2.45) is 16.3 Å². The fraction of sp³-hybridized carbons (Fsp3) is 0.421. The molecule has 0 amide bonds. The maximum absolute atomic E-state index is 12.8. The Bertz CT molecular complexity index is 874. The van der Waals surface area contributed by atoms with E-state index in [1.54, 1.807) is 19.1 Å². The van der Waals surface area contributed by atoms with E-state index in [9.17, 15) is 20.2 Å². The molecule has 0 fully saturated rings. The lowest BCUT2D eigenvalue weighted by atomic mass is 9.67. The molecule has 0 saturated carbocycles. The lowest BCUT2D eigenvalue weighted by Gasteiger charge is -2.37. The third-order valence-corrected chi connectivity index (χ3v) is 4.88. The number of carbonyl (C=O) groups excluding carboxylic acids is 1. The van der Waals surface area contributed by atoms with Crippen LogP contribution in [0.5, 0.6) is 0 Å². The number of nitro benzene ring substituents is 1. The van der Waals surface area contributed by atoms with E-state index in [2.05, 4.69) is 11.1 Å². The number of nitro groups is 1. The Hall–Kier alpha value is -2.81. The molecule has 128 valence electrons. The van der Waals surface area contributed by atoms with Crippen LogP contribution >= 0.6 is 0 Å². The molecule has 0 spiro atoms. The van der Waals surface area contributed by atoms with Crippen molar-refractivity contribution in [1.29, 1.82) is 5.26 Å². The number of hydrogen-bond acceptors (Lipinski definition) is 5. The van der Waals surface area contributed by atoms with Crippen molar-refractivity contribution in [1.82, 2.24) is 0 Å². The van der Waals surface area contributed by atoms with Gasteiger partial charge in [0.05, 0.1) is 16.9 Å². The maximum Gasteiger partial charge on any atom is 0.269 e. The molecular formula is C19H19N3O3. The summed E-state index contributed by atoms with van der Waals surface area (Å²) in [5.74, 6) is -1.11. The van der Waals surface area contributed by atoms with Gasteiger partial charge in [-0.15, -0.1) is 0 Å². The molecule has 6 nitrogen and oxygen atoms in total. The number of Topliss-reactive ketones (excluding diaryl/α,β-unsaturated/α-hetero) is 1. The highest BCUT2D eigenvalue weighted by Crippen LogP contribution is 2.47. The first-order valence-electron chi connectivity index (χ1n) is 8.19. The third-order valence-electron chi connectivity index (χ3n) is 4.88. The number of carbonyl (C=O) groups is 1. The van der Waals surface area contributed by atoms with Crippen LogP contribution in [-0.4, -0.2) is 16.4 Å². The van der Waals surface area contributed by atoms with Crippen molar-refractivity contribution < 1.29 is 9.72 Å². The molecule has 2 aliphatic rings. The van der Waals surface area contributed by atoms with Gasteiger partial charge in [0, 0.05) is 41.5 Å². The molecule has 1 unspecified atom stereocenters. The van der Waals surface area contributed by atoms with Crippen LogP contribution in [-0.2, 0) is 4.79 Å². The maximum atomic E-state index is 12.8. The van der Waals surface area contributed by atoms with Crippen LogP contribution in [0.4, 0.5) is 5.69 Å². The molecular weight excluding hydrogens is 318 g/mol. The molecule has 2 atom stereocenters. The zero-order chi connectivity index (χ0) is 18.4. The number of hydrogen-bond donors (Lipinski definition) is 0. The minimum atomic E-state index is -0.592. The minimum absolute atomic E-state index is 0.0146. The van der Waals surface area contributed by atoms with E-state index in [4.69, 9.17) is 0 Å². The average Bonchev–Trinajstić information content (AvgIpc) is 2.52. The molecule has 3 rings (SSSR count). The molecule has 0 radical (unpaired) electrons. The van der Waals surface area contributed by atoms with Crippen molar-refractivity contribution in [3.05, 3.63) is 51.2 Å². The average molecular weight is 337 g/mol. The lowest BCUT2D eigenvalue weighted by molar-refractivity contribution is -0.384. The molecule has 1 aliphatic carbocycles. The van der Waals surface area contributed by atoms with Gasteiger partial charge in [-0.25, -0.2) is 0 Å². The lowest BCUT2D eigenvalue weighted by Crippen LogP contribution is -2.35. The molecule has 0 aromatic heterocycles. The second kappa shape index (κ2) is 5.92. The Morgan fingerprint density at radius 2 is 2.08 bits per heavy atom. The number of ketones is 1. The first-order chi connectivity index (χ1) is 11.7. The number of benzene rings is 1. The predicted octanol–water partition coefficient (Wildman–Crippen LogP) is 3.94. The summed E-state index contributed by atoms with van der Waals surface area (Å²) in [6.07, 6.45) is 1.05. The third kappa shape index (κ3) is 2.98. The predicted molar refractivity (Wildman–Crippen MR) is 93.1 cm³/mol. The Morgan fingerprint density at radius 3 is 2.72 bits per heavy atom. The number of aliphatic imine (C=N–C) groups is 1. The summed E-state index contributed by atoms with van der Waals surface area (Å²) in [5.41, 5.74) is 2.34. The first-order valence-corrected chi connectivity index (χ1v) is 8.19. The largest absolute Gasteiger partial charge is 0.294 e. The number of allylic oxidation sites excluding steroid dienone is 2. The molecule has 1 aliphatic heterocycles. The van der Waals surface area contributed by atoms with Gasteiger partial charge in [-0.05, 0) is 24.3 Å². The van der Waals surface area contributed by atoms with Crippen LogP contribution < -0.4 is 0 Å². The van der Waals surface area contributed by atoms with Gasteiger partial charge in [-0.2, -0.15) is 5.26 Å². The summed E-state index contributed by atoms with van der Waals surface area (Å²) >= 11 is 0. The van der Waals surface area contributed by atoms with E-state index in [1.807, 2.05) is 13.8 Å². The first kappa shape index (κ1) is 17.0. The quantitative estimate of drug-likeness (QED) is 0.603. The normalized spacial score (nSPS) is 25.0. The van der Waals surface area contributed by atoms with Gasteiger partial charge in [0.25, 0.3) is 5.69 Å². The van der Waals surface area contributed by atoms with E-state index >= 15 is 0 Å². The SMILES string of the molecule is CC1=NC2=C(C(=O)CC(C)(C)C2)[C@@H](c2cccc([N+](=O)[O-])c2)C1C#N. The Kier molecular flexibility index (Phi) is 4.03. The zero-order valence-electron chi connectivity index (χ0n) is 14.4. The standard InChI is InChI=1S/C19H19N3O3/c1-11-14(10-20)17(12-5-4-6-13(7-12)22(24)25)18-15(21-11)8-19(2,3)9-16(18)23/h4-7,14,17H,8-9H2,1-3H3/t14?,17-/m0/s1. The fourth-order valence-electron chi connectivity index (χ4n) is 3.80. The monoisotopic (exact) mass is 337 g/mol. The Morgan fingerprint density at radius 1 is 1.36 bits per heavy atom. The van der Waals surface area contributed by atoms with Crippen LogP contribution in [0.25, 0.3) is 0 Å². The van der Waals surface area contributed by atoms with Crippen LogP contribution in [0.15, 0.2) is 40.5 Å². The zero-order valence-corrected chi connectivity index (χ0v) is 14.4. The van der Waals surface area contributed by atoms with Gasteiger partial charge < -0.3 is 0 Å². The summed E-state index contributed by atoms with van der Waals surface area (Å²) in [4.78, 5) is 28.1. The molecule has 1 heterocycles. The Labute approximate surface area is 146 Å². The van der Waals surface area contributed by atoms with E-state index in [0.29, 0.717) is 29.7 Å². The van der Waals surface area contributed by atoms with Gasteiger partial charge in [-0.1, -0.05) is 26.0 Å². The summed E-state index contributed by atoms with van der Waals surface area (Å²) in [6.45, 7) is 5.84. The number of non-ortho nitro benzene ring substituents is 1. The highest BCUT2D eigenvalue weighted by atomic mass is 16.6. The number of rotatable bonds is 2. The second-order valence-electron chi connectivity index (χ2n) is 7.49. The molecule has 0 bridgehead atoms. The summed E-state index contributed by atoms with van der Waals surface area (Å²) < 4.78 is 0. The minimum Gasteiger partial charge on any atom is -0.294 e. The number of nitriles is 1. The fourth-order valence-corrected chi connectivity index (χ4v) is 3.80. The van der Waals surface area contributed by atoms with Gasteiger partial charge in [-0.3, -0.25) is 19.9 Å². The molecule has 25 heavy (non-hydrogen) atoms. The van der Waals surface area contributed by atoms with Crippen LogP contribution in [0.2, 0.25) is 0 Å². The molecule has 0 saturated heterocycles. The molecule has 1 aromatic rings. The summed E-state index contributed by atoms with van der Waals surface area (Å²) in [7, 11) is 0. The summed E-state index contributed by atoms with van der Waals surface area (Å²) in [5, 5.41) is 20.8.